The van der Waals surface area contributed by atoms with Gasteiger partial charge < -0.3 is 4.74 Å². The average molecular weight is 336 g/mol. The van der Waals surface area contributed by atoms with E-state index in [-0.39, 0.29) is 0 Å². The van der Waals surface area contributed by atoms with Crippen molar-refractivity contribution in [1.29, 1.82) is 0 Å². The van der Waals surface area contributed by atoms with E-state index in [9.17, 15) is 0 Å². The van der Waals surface area contributed by atoms with Gasteiger partial charge >= 0.3 is 0 Å². The first-order valence-corrected chi connectivity index (χ1v) is 6.79. The molecule has 1 nitrogen and oxygen atoms in total. The van der Waals surface area contributed by atoms with Crippen molar-refractivity contribution in [3.63, 3.8) is 0 Å². The maximum absolute atomic E-state index is 5.20. The van der Waals surface area contributed by atoms with Crippen LogP contribution in [0.25, 0.3) is 10.1 Å². The van der Waals surface area contributed by atoms with Crippen molar-refractivity contribution in [3.8, 4) is 5.06 Å². The zero-order chi connectivity index (χ0) is 10.1. The maximum Gasteiger partial charge on any atom is 0.174 e. The van der Waals surface area contributed by atoms with Gasteiger partial charge in [-0.3, -0.25) is 0 Å². The highest BCUT2D eigenvalue weighted by Gasteiger charge is 2.05. The highest BCUT2D eigenvalue weighted by molar-refractivity contribution is 9.10. The van der Waals surface area contributed by atoms with Crippen molar-refractivity contribution in [2.75, 3.05) is 7.11 Å². The predicted octanol–water partition coefficient (Wildman–Crippen LogP) is 4.57. The third-order valence-corrected chi connectivity index (χ3v) is 4.41. The minimum absolute atomic E-state index is 0.863. The molecule has 0 N–H and O–H groups in total. The average Bonchev–Trinajstić information content (AvgIpc) is 2.58. The summed E-state index contributed by atoms with van der Waals surface area (Å²) in [5.41, 5.74) is 1.26. The van der Waals surface area contributed by atoms with E-state index in [2.05, 4.69) is 50.1 Å². The summed E-state index contributed by atoms with van der Waals surface area (Å²) in [5, 5.41) is 3.06. The van der Waals surface area contributed by atoms with E-state index in [1.807, 2.05) is 0 Å². The van der Waals surface area contributed by atoms with Gasteiger partial charge in [0.2, 0.25) is 0 Å². The molecule has 74 valence electrons. The Balaban J connectivity index is 2.64. The first kappa shape index (κ1) is 10.5. The van der Waals surface area contributed by atoms with Gasteiger partial charge in [-0.05, 0) is 29.1 Å². The van der Waals surface area contributed by atoms with Gasteiger partial charge in [-0.1, -0.05) is 43.2 Å². The van der Waals surface area contributed by atoms with Crippen LogP contribution in [-0.2, 0) is 5.33 Å². The van der Waals surface area contributed by atoms with E-state index in [4.69, 9.17) is 4.74 Å². The van der Waals surface area contributed by atoms with Crippen molar-refractivity contribution >= 4 is 53.3 Å². The standard InChI is InChI=1S/C10H8Br2OS/c1-13-10-3-6-2-7(5-11)8(12)4-9(6)14-10/h2-4H,5H2,1H3. The predicted molar refractivity (Wildman–Crippen MR) is 68.7 cm³/mol. The highest BCUT2D eigenvalue weighted by Crippen LogP contribution is 2.35. The Morgan fingerprint density at radius 1 is 1.36 bits per heavy atom. The molecule has 0 fully saturated rings. The molecule has 0 aliphatic carbocycles. The largest absolute Gasteiger partial charge is 0.487 e. The molecule has 0 unspecified atom stereocenters. The molecule has 1 aromatic carbocycles. The lowest BCUT2D eigenvalue weighted by molar-refractivity contribution is 0.427. The van der Waals surface area contributed by atoms with Crippen molar-refractivity contribution in [2.45, 2.75) is 5.33 Å². The summed E-state index contributed by atoms with van der Waals surface area (Å²) in [6.07, 6.45) is 0. The van der Waals surface area contributed by atoms with Crippen LogP contribution in [0.2, 0.25) is 0 Å². The van der Waals surface area contributed by atoms with E-state index >= 15 is 0 Å². The zero-order valence-electron chi connectivity index (χ0n) is 7.51. The third kappa shape index (κ3) is 1.83. The SMILES string of the molecule is COc1cc2cc(CBr)c(Br)cc2s1. The van der Waals surface area contributed by atoms with Gasteiger partial charge in [-0.2, -0.15) is 0 Å². The monoisotopic (exact) mass is 334 g/mol. The van der Waals surface area contributed by atoms with Gasteiger partial charge in [-0.25, -0.2) is 0 Å². The van der Waals surface area contributed by atoms with E-state index in [0.717, 1.165) is 14.9 Å². The normalized spacial score (nSPS) is 10.8. The van der Waals surface area contributed by atoms with Gasteiger partial charge in [0.25, 0.3) is 0 Å². The smallest absolute Gasteiger partial charge is 0.174 e. The minimum Gasteiger partial charge on any atom is -0.487 e. The molecule has 0 radical (unpaired) electrons. The fourth-order valence-electron chi connectivity index (χ4n) is 1.29. The number of benzene rings is 1. The molecule has 0 spiro atoms. The van der Waals surface area contributed by atoms with Gasteiger partial charge in [0.05, 0.1) is 7.11 Å². The van der Waals surface area contributed by atoms with Gasteiger partial charge in [0, 0.05) is 14.5 Å². The third-order valence-electron chi connectivity index (χ3n) is 2.01. The van der Waals surface area contributed by atoms with Crippen molar-refractivity contribution in [2.24, 2.45) is 0 Å². The molecular weight excluding hydrogens is 328 g/mol. The Labute approximate surface area is 103 Å². The molecule has 0 aliphatic rings. The molecule has 0 bridgehead atoms. The second-order valence-electron chi connectivity index (χ2n) is 2.88. The summed E-state index contributed by atoms with van der Waals surface area (Å²) >= 11 is 8.67. The van der Waals surface area contributed by atoms with Crippen molar-refractivity contribution in [1.82, 2.24) is 0 Å². The lowest BCUT2D eigenvalue weighted by Gasteiger charge is -1.99. The fraction of sp³-hybridized carbons (Fsp3) is 0.200. The van der Waals surface area contributed by atoms with Crippen LogP contribution in [-0.4, -0.2) is 7.11 Å². The number of methoxy groups -OCH3 is 1. The highest BCUT2D eigenvalue weighted by atomic mass is 79.9. The summed E-state index contributed by atoms with van der Waals surface area (Å²) < 4.78 is 7.60. The zero-order valence-corrected chi connectivity index (χ0v) is 11.5. The van der Waals surface area contributed by atoms with Crippen molar-refractivity contribution in [3.05, 3.63) is 28.2 Å². The Morgan fingerprint density at radius 2 is 2.14 bits per heavy atom. The Kier molecular flexibility index (Phi) is 3.14. The minimum atomic E-state index is 0.863. The molecule has 2 aromatic rings. The van der Waals surface area contributed by atoms with Crippen LogP contribution in [0.1, 0.15) is 5.56 Å². The van der Waals surface area contributed by atoms with Crippen molar-refractivity contribution < 1.29 is 4.74 Å². The molecule has 1 aromatic heterocycles. The molecule has 2 rings (SSSR count). The Bertz CT molecular complexity index is 464. The van der Waals surface area contributed by atoms with Crippen LogP contribution in [0.5, 0.6) is 5.06 Å². The number of halogens is 2. The van der Waals surface area contributed by atoms with Gasteiger partial charge in [0.15, 0.2) is 5.06 Å². The van der Waals surface area contributed by atoms with Crippen LogP contribution in [0, 0.1) is 0 Å². The Hall–Kier alpha value is -0.0600. The number of hydrogen-bond acceptors (Lipinski definition) is 2. The molecule has 0 saturated heterocycles. The first-order chi connectivity index (χ1) is 6.74. The fourth-order valence-corrected chi connectivity index (χ4v) is 3.66. The van der Waals surface area contributed by atoms with E-state index in [0.29, 0.717) is 0 Å². The first-order valence-electron chi connectivity index (χ1n) is 4.06. The Morgan fingerprint density at radius 3 is 2.79 bits per heavy atom. The summed E-state index contributed by atoms with van der Waals surface area (Å²) in [6.45, 7) is 0. The molecule has 1 heterocycles. The van der Waals surface area contributed by atoms with E-state index in [1.54, 1.807) is 18.4 Å². The molecule has 14 heavy (non-hydrogen) atoms. The molecule has 0 saturated carbocycles. The number of hydrogen-bond donors (Lipinski definition) is 0. The molecule has 0 aliphatic heterocycles. The molecule has 4 heteroatoms. The molecular formula is C10H8Br2OS. The summed E-state index contributed by atoms with van der Waals surface area (Å²) in [4.78, 5) is 0. The second-order valence-corrected chi connectivity index (χ2v) is 5.35. The lowest BCUT2D eigenvalue weighted by Crippen LogP contribution is -1.78. The van der Waals surface area contributed by atoms with E-state index < -0.39 is 0 Å². The van der Waals surface area contributed by atoms with Crippen LogP contribution >= 0.6 is 43.2 Å². The summed E-state index contributed by atoms with van der Waals surface area (Å²) in [6, 6.07) is 6.38. The van der Waals surface area contributed by atoms with Crippen LogP contribution in [0.3, 0.4) is 0 Å². The number of thiophene rings is 1. The second kappa shape index (κ2) is 4.21. The van der Waals surface area contributed by atoms with Gasteiger partial charge in [-0.15, -0.1) is 0 Å². The number of ether oxygens (including phenoxy) is 1. The quantitative estimate of drug-likeness (QED) is 0.730. The number of rotatable bonds is 2. The van der Waals surface area contributed by atoms with E-state index in [1.165, 1.54) is 15.6 Å². The lowest BCUT2D eigenvalue weighted by atomic mass is 10.2. The summed E-state index contributed by atoms with van der Waals surface area (Å²) in [5.74, 6) is 0. The maximum atomic E-state index is 5.20. The molecule has 0 amide bonds. The molecule has 0 atom stereocenters. The topological polar surface area (TPSA) is 9.23 Å². The van der Waals surface area contributed by atoms with Crippen LogP contribution in [0.15, 0.2) is 22.7 Å². The summed E-state index contributed by atoms with van der Waals surface area (Å²) in [7, 11) is 1.70. The number of fused-ring (bicyclic) bond motifs is 1. The van der Waals surface area contributed by atoms with Crippen LogP contribution < -0.4 is 4.74 Å². The van der Waals surface area contributed by atoms with Gasteiger partial charge in [0.1, 0.15) is 0 Å². The number of alkyl halides is 1. The van der Waals surface area contributed by atoms with Crippen LogP contribution in [0.4, 0.5) is 0 Å².